The van der Waals surface area contributed by atoms with Crippen LogP contribution in [0.15, 0.2) is 57.9 Å². The van der Waals surface area contributed by atoms with Crippen LogP contribution < -0.4 is 10.5 Å². The lowest BCUT2D eigenvalue weighted by molar-refractivity contribution is -0.114. The van der Waals surface area contributed by atoms with E-state index < -0.39 is 23.1 Å². The summed E-state index contributed by atoms with van der Waals surface area (Å²) in [6, 6.07) is 10.8. The molecular weight excluding hydrogens is 471 g/mol. The van der Waals surface area contributed by atoms with Gasteiger partial charge in [0.25, 0.3) is 11.7 Å². The molecule has 2 aromatic carbocycles. The number of rotatable bonds is 5. The van der Waals surface area contributed by atoms with Gasteiger partial charge in [0.05, 0.1) is 24.0 Å². The Morgan fingerprint density at radius 1 is 1.00 bits per heavy atom. The van der Waals surface area contributed by atoms with Gasteiger partial charge in [-0.2, -0.15) is 0 Å². The molecule has 0 saturated heterocycles. The smallest absolute Gasteiger partial charge is 0.347 e. The molecule has 0 bridgehead atoms. The van der Waals surface area contributed by atoms with Crippen LogP contribution in [0, 0.1) is 0 Å². The molecule has 1 amide bonds. The van der Waals surface area contributed by atoms with Gasteiger partial charge >= 0.3 is 5.63 Å². The van der Waals surface area contributed by atoms with Gasteiger partial charge in [0.1, 0.15) is 23.4 Å². The predicted molar refractivity (Wildman–Crippen MR) is 119 cm³/mol. The van der Waals surface area contributed by atoms with E-state index in [0.29, 0.717) is 26.8 Å². The van der Waals surface area contributed by atoms with Crippen LogP contribution in [0.25, 0.3) is 11.0 Å². The van der Waals surface area contributed by atoms with Crippen LogP contribution in [-0.4, -0.2) is 32.5 Å². The van der Waals surface area contributed by atoms with Crippen molar-refractivity contribution in [2.45, 2.75) is 13.1 Å². The number of nitrogens with zero attached hydrogens (tertiary/aromatic N) is 4. The van der Waals surface area contributed by atoms with Crippen molar-refractivity contribution in [1.82, 2.24) is 15.0 Å². The first-order valence-corrected chi connectivity index (χ1v) is 10.4. The van der Waals surface area contributed by atoms with E-state index in [1.807, 2.05) is 0 Å². The molecule has 4 aromatic rings. The Labute approximate surface area is 195 Å². The first-order chi connectivity index (χ1) is 15.8. The summed E-state index contributed by atoms with van der Waals surface area (Å²) in [7, 11) is 0. The molecule has 1 aliphatic heterocycles. The largest absolute Gasteiger partial charge is 0.422 e. The van der Waals surface area contributed by atoms with E-state index in [1.165, 1.54) is 34.0 Å². The lowest BCUT2D eigenvalue weighted by atomic mass is 10.1. The summed E-state index contributed by atoms with van der Waals surface area (Å²) < 4.78 is 6.44. The van der Waals surface area contributed by atoms with Gasteiger partial charge in [-0.15, -0.1) is 5.10 Å². The van der Waals surface area contributed by atoms with Crippen molar-refractivity contribution >= 4 is 57.3 Å². The van der Waals surface area contributed by atoms with Crippen molar-refractivity contribution in [3.63, 3.8) is 0 Å². The molecule has 1 aliphatic rings. The minimum atomic E-state index is -0.786. The van der Waals surface area contributed by atoms with Crippen LogP contribution in [0.5, 0.6) is 0 Å². The number of fused-ring (bicyclic) bond motifs is 2. The normalized spacial score (nSPS) is 13.1. The number of hydrogen-bond acceptors (Lipinski definition) is 7. The van der Waals surface area contributed by atoms with Gasteiger partial charge in [-0.3, -0.25) is 19.3 Å². The standard InChI is InChI=1S/C22H12Cl2N4O5/c23-12-3-4-17-15(6-12)20(30)21(31)28(17)9-14-8-27(26-25-14)10-18(29)16-5-11-1-2-13(24)7-19(11)33-22(16)32/h1-8H,9-10H2. The average molecular weight is 483 g/mol. The Kier molecular flexibility index (Phi) is 5.07. The highest BCUT2D eigenvalue weighted by molar-refractivity contribution is 6.52. The van der Waals surface area contributed by atoms with Gasteiger partial charge in [-0.1, -0.05) is 28.4 Å². The molecule has 2 aromatic heterocycles. The van der Waals surface area contributed by atoms with Gasteiger partial charge in [-0.05, 0) is 36.4 Å². The van der Waals surface area contributed by atoms with Crippen LogP contribution in [0.4, 0.5) is 5.69 Å². The summed E-state index contributed by atoms with van der Waals surface area (Å²) in [5, 5.41) is 9.17. The van der Waals surface area contributed by atoms with Crippen molar-refractivity contribution in [2.75, 3.05) is 4.90 Å². The summed E-state index contributed by atoms with van der Waals surface area (Å²) in [5.41, 5.74) is 0.359. The molecule has 0 spiro atoms. The Morgan fingerprint density at radius 3 is 2.58 bits per heavy atom. The van der Waals surface area contributed by atoms with Crippen LogP contribution in [0.1, 0.15) is 26.4 Å². The SMILES string of the molecule is O=C1C(=O)N(Cc2cn(CC(=O)c3cc4ccc(Cl)cc4oc3=O)nn2)c2ccc(Cl)cc21. The highest BCUT2D eigenvalue weighted by Crippen LogP contribution is 2.32. The molecule has 0 atom stereocenters. The van der Waals surface area contributed by atoms with E-state index in [-0.39, 0.29) is 29.8 Å². The fourth-order valence-corrected chi connectivity index (χ4v) is 3.93. The Bertz CT molecular complexity index is 1540. The third-order valence-corrected chi connectivity index (χ3v) is 5.61. The molecule has 164 valence electrons. The zero-order valence-corrected chi connectivity index (χ0v) is 18.1. The first kappa shape index (κ1) is 21.0. The molecule has 33 heavy (non-hydrogen) atoms. The molecule has 0 N–H and O–H groups in total. The molecule has 0 aliphatic carbocycles. The zero-order valence-electron chi connectivity index (χ0n) is 16.6. The van der Waals surface area contributed by atoms with E-state index in [4.69, 9.17) is 27.6 Å². The number of carbonyl (C=O) groups excluding carboxylic acids is 3. The third-order valence-electron chi connectivity index (χ3n) is 5.14. The second-order valence-corrected chi connectivity index (χ2v) is 8.22. The lowest BCUT2D eigenvalue weighted by Gasteiger charge is -2.14. The number of benzene rings is 2. The highest BCUT2D eigenvalue weighted by atomic mass is 35.5. The molecule has 0 fully saturated rings. The Balaban J connectivity index is 1.35. The maximum Gasteiger partial charge on any atom is 0.347 e. The van der Waals surface area contributed by atoms with Crippen molar-refractivity contribution in [3.05, 3.63) is 85.9 Å². The minimum absolute atomic E-state index is 0.0216. The second-order valence-electron chi connectivity index (χ2n) is 7.34. The maximum absolute atomic E-state index is 12.7. The van der Waals surface area contributed by atoms with Gasteiger partial charge < -0.3 is 4.42 Å². The third kappa shape index (κ3) is 3.81. The fraction of sp³-hybridized carbons (Fsp3) is 0.0909. The molecule has 9 nitrogen and oxygen atoms in total. The quantitative estimate of drug-likeness (QED) is 0.243. The van der Waals surface area contributed by atoms with E-state index in [1.54, 1.807) is 24.3 Å². The van der Waals surface area contributed by atoms with Crippen LogP contribution in [0.3, 0.4) is 0 Å². The molecule has 3 heterocycles. The van der Waals surface area contributed by atoms with Crippen molar-refractivity contribution in [2.24, 2.45) is 0 Å². The lowest BCUT2D eigenvalue weighted by Crippen LogP contribution is -2.29. The minimum Gasteiger partial charge on any atom is -0.422 e. The molecule has 0 radical (unpaired) electrons. The monoisotopic (exact) mass is 482 g/mol. The van der Waals surface area contributed by atoms with Crippen molar-refractivity contribution in [1.29, 1.82) is 0 Å². The summed E-state index contributed by atoms with van der Waals surface area (Å²) in [6.07, 6.45) is 1.46. The van der Waals surface area contributed by atoms with Gasteiger partial charge in [-0.25, -0.2) is 9.48 Å². The molecular formula is C22H12Cl2N4O5. The van der Waals surface area contributed by atoms with E-state index in [9.17, 15) is 19.2 Å². The van der Waals surface area contributed by atoms with E-state index in [0.717, 1.165) is 0 Å². The summed E-state index contributed by atoms with van der Waals surface area (Å²) >= 11 is 11.8. The maximum atomic E-state index is 12.7. The number of Topliss-reactive ketones (excluding diaryl/α,β-unsaturated/α-hetero) is 2. The molecule has 0 unspecified atom stereocenters. The van der Waals surface area contributed by atoms with Crippen LogP contribution in [0.2, 0.25) is 10.0 Å². The fourth-order valence-electron chi connectivity index (χ4n) is 3.59. The molecule has 0 saturated carbocycles. The van der Waals surface area contributed by atoms with Gasteiger partial charge in [0.15, 0.2) is 5.78 Å². The number of ketones is 2. The summed E-state index contributed by atoms with van der Waals surface area (Å²) in [5.74, 6) is -1.88. The highest BCUT2D eigenvalue weighted by Gasteiger charge is 2.36. The Morgan fingerprint density at radius 2 is 1.76 bits per heavy atom. The van der Waals surface area contributed by atoms with Gasteiger partial charge in [0.2, 0.25) is 0 Å². The van der Waals surface area contributed by atoms with E-state index in [2.05, 4.69) is 10.3 Å². The zero-order chi connectivity index (χ0) is 23.3. The number of halogens is 2. The number of hydrogen-bond donors (Lipinski definition) is 0. The number of amides is 1. The van der Waals surface area contributed by atoms with E-state index >= 15 is 0 Å². The summed E-state index contributed by atoms with van der Waals surface area (Å²) in [4.78, 5) is 50.8. The second kappa shape index (κ2) is 7.95. The number of aromatic nitrogens is 3. The topological polar surface area (TPSA) is 115 Å². The molecule has 5 rings (SSSR count). The van der Waals surface area contributed by atoms with Crippen molar-refractivity contribution in [3.8, 4) is 0 Å². The number of anilines is 1. The Hall–Kier alpha value is -3.82. The average Bonchev–Trinajstić information content (AvgIpc) is 3.31. The van der Waals surface area contributed by atoms with Gasteiger partial charge in [0, 0.05) is 21.5 Å². The van der Waals surface area contributed by atoms with Crippen LogP contribution in [-0.2, 0) is 17.9 Å². The number of carbonyl (C=O) groups is 3. The van der Waals surface area contributed by atoms with Crippen LogP contribution >= 0.6 is 23.2 Å². The summed E-state index contributed by atoms with van der Waals surface area (Å²) in [6.45, 7) is -0.289. The molecule has 11 heteroatoms. The van der Waals surface area contributed by atoms with Crippen molar-refractivity contribution < 1.29 is 18.8 Å². The first-order valence-electron chi connectivity index (χ1n) is 9.61. The predicted octanol–water partition coefficient (Wildman–Crippen LogP) is 3.30.